The SMILES string of the molecule is COc1cc2c(c(F)c1OCCCOc1c(OC)cc3sc(C(=O)CCC(=O)O[C@H]4CCNC4)cc3c1F)CN(C(=O)CCC(=O)O)C2. The summed E-state index contributed by atoms with van der Waals surface area (Å²) in [5, 5.41) is 12.1. The lowest BCUT2D eigenvalue weighted by molar-refractivity contribution is -0.148. The van der Waals surface area contributed by atoms with E-state index in [4.69, 9.17) is 28.8 Å². The zero-order valence-electron chi connectivity index (χ0n) is 26.5. The monoisotopic (exact) mass is 690 g/mol. The van der Waals surface area contributed by atoms with Crippen LogP contribution in [0, 0.1) is 11.6 Å². The standard InChI is InChI=1S/C33H36F2N2O10S/c1-43-23-12-18-16-37(27(39)5-6-28(40)41)17-21(18)31(35)32(23)45-10-3-11-46-33-24(44-2)14-25-20(30(33)34)13-26(48-25)22(38)4-7-29(42)47-19-8-9-36-15-19/h12-14,19,36H,3-11,15-17H2,1-2H3,(H,40,41)/t19-/m0/s1. The first kappa shape index (κ1) is 34.8. The third-order valence-electron chi connectivity index (χ3n) is 8.04. The molecule has 0 spiro atoms. The zero-order valence-corrected chi connectivity index (χ0v) is 27.3. The van der Waals surface area contributed by atoms with Gasteiger partial charge in [0.2, 0.25) is 5.91 Å². The number of Topliss-reactive ketones (excluding diaryl/α,β-unsaturated/α-hetero) is 1. The average molecular weight is 691 g/mol. The van der Waals surface area contributed by atoms with Gasteiger partial charge in [0.25, 0.3) is 0 Å². The molecule has 1 amide bonds. The highest BCUT2D eigenvalue weighted by Crippen LogP contribution is 2.41. The molecule has 12 nitrogen and oxygen atoms in total. The van der Waals surface area contributed by atoms with Gasteiger partial charge in [0.05, 0.1) is 45.2 Å². The number of methoxy groups -OCH3 is 2. The van der Waals surface area contributed by atoms with Crippen molar-refractivity contribution in [2.75, 3.05) is 40.5 Å². The van der Waals surface area contributed by atoms with Crippen LogP contribution in [0.4, 0.5) is 8.78 Å². The van der Waals surface area contributed by atoms with Gasteiger partial charge >= 0.3 is 11.9 Å². The summed E-state index contributed by atoms with van der Waals surface area (Å²) in [6, 6.07) is 4.60. The number of carboxylic acid groups (broad SMARTS) is 1. The van der Waals surface area contributed by atoms with Crippen molar-refractivity contribution in [1.29, 1.82) is 0 Å². The van der Waals surface area contributed by atoms with Crippen molar-refractivity contribution in [2.45, 2.75) is 57.7 Å². The fraction of sp³-hybridized carbons (Fsp3) is 0.455. The Morgan fingerprint density at radius 3 is 2.31 bits per heavy atom. The van der Waals surface area contributed by atoms with Crippen molar-refractivity contribution in [3.05, 3.63) is 45.8 Å². The minimum absolute atomic E-state index is 0.0176. The van der Waals surface area contributed by atoms with Gasteiger partial charge in [0.1, 0.15) is 6.10 Å². The maximum atomic E-state index is 15.6. The number of hydrogen-bond donors (Lipinski definition) is 2. The quantitative estimate of drug-likeness (QED) is 0.123. The summed E-state index contributed by atoms with van der Waals surface area (Å²) in [5.74, 6) is -3.65. The molecule has 0 aliphatic carbocycles. The molecule has 0 bridgehead atoms. The molecule has 258 valence electrons. The molecule has 1 aromatic heterocycles. The van der Waals surface area contributed by atoms with Crippen LogP contribution < -0.4 is 24.3 Å². The van der Waals surface area contributed by atoms with E-state index in [1.165, 1.54) is 25.2 Å². The molecule has 2 N–H and O–H groups in total. The van der Waals surface area contributed by atoms with Crippen LogP contribution >= 0.6 is 11.3 Å². The number of carboxylic acids is 1. The Kier molecular flexibility index (Phi) is 11.3. The van der Waals surface area contributed by atoms with E-state index >= 15 is 8.78 Å². The molecule has 3 heterocycles. The number of halogens is 2. The second-order valence-corrected chi connectivity index (χ2v) is 12.4. The van der Waals surface area contributed by atoms with Crippen molar-refractivity contribution >= 4 is 45.1 Å². The Morgan fingerprint density at radius 2 is 1.65 bits per heavy atom. The number of nitrogens with zero attached hydrogens (tertiary/aromatic N) is 1. The van der Waals surface area contributed by atoms with E-state index in [2.05, 4.69) is 5.32 Å². The number of benzene rings is 2. The average Bonchev–Trinajstić information content (AvgIpc) is 3.84. The highest BCUT2D eigenvalue weighted by molar-refractivity contribution is 7.20. The number of ketones is 1. The summed E-state index contributed by atoms with van der Waals surface area (Å²) < 4.78 is 59.0. The Morgan fingerprint density at radius 1 is 0.938 bits per heavy atom. The third kappa shape index (κ3) is 7.96. The first-order chi connectivity index (χ1) is 23.1. The molecule has 48 heavy (non-hydrogen) atoms. The molecule has 5 rings (SSSR count). The lowest BCUT2D eigenvalue weighted by Gasteiger charge is -2.15. The fourth-order valence-corrected chi connectivity index (χ4v) is 6.59. The van der Waals surface area contributed by atoms with Crippen molar-refractivity contribution in [3.8, 4) is 23.0 Å². The number of carbonyl (C=O) groups is 4. The predicted octanol–water partition coefficient (Wildman–Crippen LogP) is 4.62. The zero-order chi connectivity index (χ0) is 34.4. The fourth-order valence-electron chi connectivity index (χ4n) is 5.54. The Bertz CT molecular complexity index is 1710. The van der Waals surface area contributed by atoms with Gasteiger partial charge in [-0.25, -0.2) is 8.78 Å². The van der Waals surface area contributed by atoms with E-state index in [0.29, 0.717) is 21.7 Å². The maximum absolute atomic E-state index is 15.6. The number of ether oxygens (including phenoxy) is 5. The van der Waals surface area contributed by atoms with E-state index in [1.807, 2.05) is 0 Å². The van der Waals surface area contributed by atoms with Gasteiger partial charge in [0.15, 0.2) is 40.4 Å². The molecule has 1 atom stereocenters. The number of thiophene rings is 1. The molecule has 15 heteroatoms. The number of fused-ring (bicyclic) bond motifs is 2. The van der Waals surface area contributed by atoms with Crippen molar-refractivity contribution in [1.82, 2.24) is 10.2 Å². The minimum atomic E-state index is -1.09. The number of aliphatic carboxylic acids is 1. The normalized spacial score (nSPS) is 15.3. The van der Waals surface area contributed by atoms with Crippen molar-refractivity contribution < 1.29 is 56.7 Å². The number of esters is 1. The highest BCUT2D eigenvalue weighted by atomic mass is 32.1. The van der Waals surface area contributed by atoms with Crippen LogP contribution in [0.5, 0.6) is 23.0 Å². The second-order valence-electron chi connectivity index (χ2n) is 11.3. The summed E-state index contributed by atoms with van der Waals surface area (Å²) in [7, 11) is 2.73. The highest BCUT2D eigenvalue weighted by Gasteiger charge is 2.30. The molecule has 2 aliphatic rings. The predicted molar refractivity (Wildman–Crippen MR) is 169 cm³/mol. The second kappa shape index (κ2) is 15.6. The van der Waals surface area contributed by atoms with Crippen LogP contribution in [0.25, 0.3) is 10.1 Å². The summed E-state index contributed by atoms with van der Waals surface area (Å²) in [6.45, 7) is 1.44. The maximum Gasteiger partial charge on any atom is 0.306 e. The molecule has 1 saturated heterocycles. The van der Waals surface area contributed by atoms with Crippen LogP contribution in [0.2, 0.25) is 0 Å². The molecular formula is C33H36F2N2O10S. The van der Waals surface area contributed by atoms with Crippen molar-refractivity contribution in [3.63, 3.8) is 0 Å². The summed E-state index contributed by atoms with van der Waals surface area (Å²) in [5.41, 5.74) is 0.806. The molecule has 1 fully saturated rings. The van der Waals surface area contributed by atoms with Crippen LogP contribution in [0.15, 0.2) is 18.2 Å². The molecule has 0 radical (unpaired) electrons. The Labute approximate surface area is 278 Å². The number of nitrogens with one attached hydrogen (secondary N) is 1. The molecule has 2 aliphatic heterocycles. The Balaban J connectivity index is 1.17. The lowest BCUT2D eigenvalue weighted by Crippen LogP contribution is -2.25. The first-order valence-electron chi connectivity index (χ1n) is 15.5. The number of rotatable bonds is 16. The van der Waals surface area contributed by atoms with Gasteiger partial charge < -0.3 is 39.0 Å². The van der Waals surface area contributed by atoms with Crippen LogP contribution in [0.3, 0.4) is 0 Å². The smallest absolute Gasteiger partial charge is 0.306 e. The van der Waals surface area contributed by atoms with Crippen LogP contribution in [-0.4, -0.2) is 80.3 Å². The van der Waals surface area contributed by atoms with Gasteiger partial charge in [-0.1, -0.05) is 0 Å². The van der Waals surface area contributed by atoms with Gasteiger partial charge in [-0.3, -0.25) is 19.2 Å². The van der Waals surface area contributed by atoms with E-state index in [9.17, 15) is 19.2 Å². The summed E-state index contributed by atoms with van der Waals surface area (Å²) >= 11 is 1.09. The van der Waals surface area contributed by atoms with E-state index in [0.717, 1.165) is 24.3 Å². The van der Waals surface area contributed by atoms with Crippen molar-refractivity contribution in [2.24, 2.45) is 0 Å². The summed E-state index contributed by atoms with van der Waals surface area (Å²) in [6.07, 6.45) is 0.137. The van der Waals surface area contributed by atoms with Gasteiger partial charge in [-0.05, 0) is 30.7 Å². The van der Waals surface area contributed by atoms with Gasteiger partial charge in [-0.15, -0.1) is 11.3 Å². The topological polar surface area (TPSA) is 150 Å². The minimum Gasteiger partial charge on any atom is -0.493 e. The first-order valence-corrected chi connectivity index (χ1v) is 16.3. The molecule has 2 aromatic carbocycles. The Hall–Kier alpha value is -4.50. The number of carbonyl (C=O) groups excluding carboxylic acids is 3. The van der Waals surface area contributed by atoms with E-state index in [1.54, 1.807) is 12.1 Å². The van der Waals surface area contributed by atoms with Crippen LogP contribution in [0.1, 0.15) is 59.3 Å². The lowest BCUT2D eigenvalue weighted by atomic mass is 10.1. The van der Waals surface area contributed by atoms with Crippen LogP contribution in [-0.2, 0) is 32.2 Å². The third-order valence-corrected chi connectivity index (χ3v) is 9.17. The van der Waals surface area contributed by atoms with Gasteiger partial charge in [-0.2, -0.15) is 0 Å². The molecule has 0 unspecified atom stereocenters. The number of hydrogen-bond acceptors (Lipinski definition) is 11. The van der Waals surface area contributed by atoms with E-state index in [-0.39, 0.29) is 104 Å². The summed E-state index contributed by atoms with van der Waals surface area (Å²) in [4.78, 5) is 49.8. The largest absolute Gasteiger partial charge is 0.493 e. The number of amides is 1. The molecular weight excluding hydrogens is 654 g/mol. The van der Waals surface area contributed by atoms with E-state index < -0.39 is 29.5 Å². The van der Waals surface area contributed by atoms with Gasteiger partial charge in [0, 0.05) is 60.6 Å². The molecule has 0 saturated carbocycles. The molecule has 3 aromatic rings.